The average molecular weight is 414 g/mol. The number of likely N-dealkylation sites (tertiary alicyclic amines) is 1. The minimum Gasteiger partial charge on any atom is -0.488 e. The maximum atomic E-state index is 12.9. The predicted molar refractivity (Wildman–Crippen MR) is 105 cm³/mol. The average Bonchev–Trinajstić information content (AvgIpc) is 3.43. The lowest BCUT2D eigenvalue weighted by Gasteiger charge is -2.35. The Morgan fingerprint density at radius 3 is 2.73 bits per heavy atom. The van der Waals surface area contributed by atoms with Crippen molar-refractivity contribution in [2.24, 2.45) is 11.8 Å². The Labute approximate surface area is 174 Å². The van der Waals surface area contributed by atoms with Gasteiger partial charge in [-0.3, -0.25) is 4.79 Å². The van der Waals surface area contributed by atoms with Crippen molar-refractivity contribution in [3.63, 3.8) is 0 Å². The summed E-state index contributed by atoms with van der Waals surface area (Å²) in [6.45, 7) is 5.28. The number of carbonyl (C=O) groups is 1. The Bertz CT molecular complexity index is 938. The summed E-state index contributed by atoms with van der Waals surface area (Å²) in [7, 11) is 0. The van der Waals surface area contributed by atoms with Crippen molar-refractivity contribution in [2.45, 2.75) is 45.3 Å². The number of rotatable bonds is 4. The highest BCUT2D eigenvalue weighted by molar-refractivity contribution is 5.79. The molecule has 1 aromatic carbocycles. The second kappa shape index (κ2) is 7.50. The number of aryl methyl sites for hydroxylation is 2. The van der Waals surface area contributed by atoms with Gasteiger partial charge < -0.3 is 28.7 Å². The highest BCUT2D eigenvalue weighted by atomic mass is 16.7. The van der Waals surface area contributed by atoms with Crippen LogP contribution in [0.3, 0.4) is 0 Å². The van der Waals surface area contributed by atoms with E-state index in [4.69, 9.17) is 18.7 Å². The smallest absolute Gasteiger partial charge is 0.231 e. The van der Waals surface area contributed by atoms with E-state index >= 15 is 0 Å². The van der Waals surface area contributed by atoms with Crippen molar-refractivity contribution in [2.75, 3.05) is 19.9 Å². The van der Waals surface area contributed by atoms with Gasteiger partial charge in [-0.05, 0) is 50.7 Å². The molecule has 1 saturated carbocycles. The van der Waals surface area contributed by atoms with E-state index in [2.05, 4.69) is 5.16 Å². The Balaban J connectivity index is 1.22. The molecule has 8 heteroatoms. The lowest BCUT2D eigenvalue weighted by Crippen LogP contribution is -2.42. The van der Waals surface area contributed by atoms with Gasteiger partial charge in [0.15, 0.2) is 11.5 Å². The summed E-state index contributed by atoms with van der Waals surface area (Å²) in [5.41, 5.74) is 1.64. The van der Waals surface area contributed by atoms with E-state index in [-0.39, 0.29) is 18.8 Å². The van der Waals surface area contributed by atoms with E-state index in [0.717, 1.165) is 17.7 Å². The molecule has 2 fully saturated rings. The molecule has 0 bridgehead atoms. The molecule has 1 aliphatic carbocycles. The van der Waals surface area contributed by atoms with Crippen LogP contribution in [0, 0.1) is 25.7 Å². The molecule has 0 unspecified atom stereocenters. The monoisotopic (exact) mass is 414 g/mol. The van der Waals surface area contributed by atoms with Gasteiger partial charge in [0.2, 0.25) is 12.7 Å². The van der Waals surface area contributed by atoms with Crippen molar-refractivity contribution in [1.82, 2.24) is 10.1 Å². The van der Waals surface area contributed by atoms with Crippen molar-refractivity contribution in [3.05, 3.63) is 35.2 Å². The molecular weight excluding hydrogens is 388 g/mol. The summed E-state index contributed by atoms with van der Waals surface area (Å²) in [6.07, 6.45) is 0.795. The number of ether oxygens (including phenoxy) is 3. The fourth-order valence-corrected chi connectivity index (χ4v) is 4.86. The topological polar surface area (TPSA) is 94.3 Å². The van der Waals surface area contributed by atoms with Gasteiger partial charge in [0.1, 0.15) is 17.6 Å². The molecule has 160 valence electrons. The van der Waals surface area contributed by atoms with Crippen LogP contribution in [0.2, 0.25) is 0 Å². The Morgan fingerprint density at radius 1 is 1.20 bits per heavy atom. The van der Waals surface area contributed by atoms with Crippen molar-refractivity contribution in [3.8, 4) is 17.2 Å². The molecule has 0 radical (unpaired) electrons. The standard InChI is InChI=1S/C22H26N2O6/c1-12-17(13(2)30-23-12)8-22(26)24-9-14-5-18(25)20(6-15(14)10-24)29-16-3-4-19-21(7-16)28-11-27-19/h3-4,7,14-15,18,20,25H,5-6,8-11H2,1-2H3/t14-,15+,18+,20+/m0/s1. The third kappa shape index (κ3) is 3.49. The summed E-state index contributed by atoms with van der Waals surface area (Å²) in [5.74, 6) is 3.42. The van der Waals surface area contributed by atoms with Gasteiger partial charge in [-0.2, -0.15) is 0 Å². The first-order chi connectivity index (χ1) is 14.5. The largest absolute Gasteiger partial charge is 0.488 e. The first-order valence-corrected chi connectivity index (χ1v) is 10.4. The molecule has 1 amide bonds. The summed E-state index contributed by atoms with van der Waals surface area (Å²) in [6, 6.07) is 5.45. The van der Waals surface area contributed by atoms with Crippen molar-refractivity contribution in [1.29, 1.82) is 0 Å². The fraction of sp³-hybridized carbons (Fsp3) is 0.545. The molecule has 4 atom stereocenters. The number of aliphatic hydroxyl groups is 1. The highest BCUT2D eigenvalue weighted by Crippen LogP contribution is 2.40. The van der Waals surface area contributed by atoms with Crippen LogP contribution in [0.5, 0.6) is 17.2 Å². The Morgan fingerprint density at radius 2 is 1.97 bits per heavy atom. The van der Waals surface area contributed by atoms with Gasteiger partial charge in [-0.15, -0.1) is 0 Å². The SMILES string of the molecule is Cc1noc(C)c1CC(=O)N1C[C@H]2C[C@@H](Oc3ccc4c(c3)OCO4)[C@H](O)C[C@H]2C1. The van der Waals surface area contributed by atoms with Gasteiger partial charge in [0.05, 0.1) is 18.2 Å². The number of aromatic nitrogens is 1. The molecule has 2 aromatic rings. The predicted octanol–water partition coefficient (Wildman–Crippen LogP) is 2.24. The van der Waals surface area contributed by atoms with Crippen LogP contribution in [-0.2, 0) is 11.2 Å². The number of hydrogen-bond donors (Lipinski definition) is 1. The van der Waals surface area contributed by atoms with Gasteiger partial charge in [-0.1, -0.05) is 5.16 Å². The van der Waals surface area contributed by atoms with Crippen LogP contribution in [0.1, 0.15) is 29.9 Å². The van der Waals surface area contributed by atoms with E-state index in [1.807, 2.05) is 30.9 Å². The first kappa shape index (κ1) is 19.2. The zero-order valence-electron chi connectivity index (χ0n) is 17.2. The number of benzene rings is 1. The first-order valence-electron chi connectivity index (χ1n) is 10.4. The third-order valence-electron chi connectivity index (χ3n) is 6.58. The van der Waals surface area contributed by atoms with Gasteiger partial charge in [0, 0.05) is 24.7 Å². The summed E-state index contributed by atoms with van der Waals surface area (Å²) >= 11 is 0. The normalized spacial score (nSPS) is 27.2. The van der Waals surface area contributed by atoms with Gasteiger partial charge in [-0.25, -0.2) is 0 Å². The van der Waals surface area contributed by atoms with Crippen LogP contribution < -0.4 is 14.2 Å². The van der Waals surface area contributed by atoms with E-state index in [0.29, 0.717) is 60.8 Å². The number of nitrogens with zero attached hydrogens (tertiary/aromatic N) is 2. The second-order valence-corrected chi connectivity index (χ2v) is 8.51. The fourth-order valence-electron chi connectivity index (χ4n) is 4.86. The quantitative estimate of drug-likeness (QED) is 0.820. The summed E-state index contributed by atoms with van der Waals surface area (Å²) in [5, 5.41) is 14.6. The molecule has 3 heterocycles. The molecule has 1 N–H and O–H groups in total. The van der Waals surface area contributed by atoms with Crippen LogP contribution in [0.15, 0.2) is 22.7 Å². The van der Waals surface area contributed by atoms with E-state index in [1.54, 1.807) is 6.07 Å². The molecule has 2 aliphatic heterocycles. The number of fused-ring (bicyclic) bond motifs is 2. The second-order valence-electron chi connectivity index (χ2n) is 8.51. The summed E-state index contributed by atoms with van der Waals surface area (Å²) < 4.78 is 22.0. The zero-order valence-corrected chi connectivity index (χ0v) is 17.2. The van der Waals surface area contributed by atoms with Gasteiger partial charge in [0.25, 0.3) is 0 Å². The third-order valence-corrected chi connectivity index (χ3v) is 6.58. The Hall–Kier alpha value is -2.74. The maximum Gasteiger partial charge on any atom is 0.231 e. The van der Waals surface area contributed by atoms with Crippen molar-refractivity contribution < 1.29 is 28.6 Å². The highest BCUT2D eigenvalue weighted by Gasteiger charge is 2.44. The van der Waals surface area contributed by atoms with Crippen LogP contribution in [0.25, 0.3) is 0 Å². The molecule has 8 nitrogen and oxygen atoms in total. The summed E-state index contributed by atoms with van der Waals surface area (Å²) in [4.78, 5) is 14.8. The number of aliphatic hydroxyl groups excluding tert-OH is 1. The Kier molecular flexibility index (Phi) is 4.81. The van der Waals surface area contributed by atoms with Crippen LogP contribution >= 0.6 is 0 Å². The molecule has 3 aliphatic rings. The molecule has 0 spiro atoms. The minimum atomic E-state index is -0.561. The number of amides is 1. The van der Waals surface area contributed by atoms with Crippen LogP contribution in [-0.4, -0.2) is 53.2 Å². The molecule has 5 rings (SSSR count). The van der Waals surface area contributed by atoms with Crippen molar-refractivity contribution >= 4 is 5.91 Å². The van der Waals surface area contributed by atoms with E-state index in [9.17, 15) is 9.90 Å². The maximum absolute atomic E-state index is 12.9. The molecular formula is C22H26N2O6. The van der Waals surface area contributed by atoms with Gasteiger partial charge >= 0.3 is 0 Å². The minimum absolute atomic E-state index is 0.0847. The lowest BCUT2D eigenvalue weighted by atomic mass is 9.78. The molecule has 30 heavy (non-hydrogen) atoms. The molecule has 1 saturated heterocycles. The zero-order chi connectivity index (χ0) is 20.8. The number of carbonyl (C=O) groups excluding carboxylic acids is 1. The molecule has 1 aromatic heterocycles. The number of hydrogen-bond acceptors (Lipinski definition) is 7. The van der Waals surface area contributed by atoms with E-state index in [1.165, 1.54) is 0 Å². The lowest BCUT2D eigenvalue weighted by molar-refractivity contribution is -0.129. The van der Waals surface area contributed by atoms with Crippen LogP contribution in [0.4, 0.5) is 0 Å². The van der Waals surface area contributed by atoms with E-state index < -0.39 is 6.10 Å².